The summed E-state index contributed by atoms with van der Waals surface area (Å²) in [5, 5.41) is 2.12. The summed E-state index contributed by atoms with van der Waals surface area (Å²) in [5.41, 5.74) is 0.292. The minimum Gasteiger partial charge on any atom is -0.348 e. The van der Waals surface area contributed by atoms with Crippen LogP contribution in [0.2, 0.25) is 5.02 Å². The van der Waals surface area contributed by atoms with E-state index < -0.39 is 45.3 Å². The second kappa shape index (κ2) is 10.1. The number of aryl methyl sites for hydroxylation is 1. The number of anilines is 1. The summed E-state index contributed by atoms with van der Waals surface area (Å²) in [6, 6.07) is 16.8. The first-order valence-corrected chi connectivity index (χ1v) is 12.0. The average Bonchev–Trinajstić information content (AvgIpc) is 2.78. The van der Waals surface area contributed by atoms with E-state index in [0.29, 0.717) is 10.4 Å². The molecule has 34 heavy (non-hydrogen) atoms. The van der Waals surface area contributed by atoms with E-state index in [9.17, 15) is 26.4 Å². The Bertz CT molecular complexity index is 1260. The fourth-order valence-electron chi connectivity index (χ4n) is 3.28. The molecule has 0 fully saturated rings. The molecule has 0 saturated heterocycles. The van der Waals surface area contributed by atoms with E-state index in [4.69, 9.17) is 11.6 Å². The highest BCUT2D eigenvalue weighted by Gasteiger charge is 2.35. The van der Waals surface area contributed by atoms with Gasteiger partial charge in [-0.3, -0.25) is 9.10 Å². The Morgan fingerprint density at radius 2 is 1.65 bits per heavy atom. The van der Waals surface area contributed by atoms with Gasteiger partial charge in [0.05, 0.1) is 27.2 Å². The molecule has 0 radical (unpaired) electrons. The van der Waals surface area contributed by atoms with Gasteiger partial charge in [-0.15, -0.1) is 0 Å². The molecule has 0 aliphatic rings. The summed E-state index contributed by atoms with van der Waals surface area (Å²) in [4.78, 5) is 12.7. The molecule has 180 valence electrons. The lowest BCUT2D eigenvalue weighted by Crippen LogP contribution is -2.41. The van der Waals surface area contributed by atoms with Crippen LogP contribution in [0.4, 0.5) is 18.9 Å². The summed E-state index contributed by atoms with van der Waals surface area (Å²) in [7, 11) is -4.37. The Morgan fingerprint density at radius 3 is 2.24 bits per heavy atom. The van der Waals surface area contributed by atoms with Crippen LogP contribution in [0, 0.1) is 6.92 Å². The van der Waals surface area contributed by atoms with Crippen molar-refractivity contribution in [3.05, 3.63) is 94.5 Å². The topological polar surface area (TPSA) is 66.5 Å². The van der Waals surface area contributed by atoms with E-state index in [-0.39, 0.29) is 10.6 Å². The highest BCUT2D eigenvalue weighted by Crippen LogP contribution is 2.38. The molecule has 5 nitrogen and oxygen atoms in total. The third-order valence-electron chi connectivity index (χ3n) is 5.12. The number of nitrogens with one attached hydrogen (secondary N) is 1. The quantitative estimate of drug-likeness (QED) is 0.441. The molecule has 0 aliphatic carbocycles. The van der Waals surface area contributed by atoms with Crippen molar-refractivity contribution in [2.75, 3.05) is 10.8 Å². The monoisotopic (exact) mass is 510 g/mol. The molecule has 1 N–H and O–H groups in total. The maximum Gasteiger partial charge on any atom is 0.417 e. The fraction of sp³-hybridized carbons (Fsp3) is 0.208. The number of carbonyl (C=O) groups excluding carboxylic acids is 1. The lowest BCUT2D eigenvalue weighted by Gasteiger charge is -2.26. The minimum atomic E-state index is -4.81. The highest BCUT2D eigenvalue weighted by molar-refractivity contribution is 7.92. The molecule has 3 aromatic rings. The number of rotatable bonds is 7. The number of nitrogens with zero attached hydrogens (tertiary/aromatic N) is 1. The normalized spacial score (nSPS) is 12.8. The van der Waals surface area contributed by atoms with Gasteiger partial charge in [0, 0.05) is 0 Å². The van der Waals surface area contributed by atoms with Crippen LogP contribution in [0.25, 0.3) is 0 Å². The molecular weight excluding hydrogens is 489 g/mol. The van der Waals surface area contributed by atoms with Gasteiger partial charge in [-0.2, -0.15) is 13.2 Å². The molecule has 0 aliphatic heterocycles. The lowest BCUT2D eigenvalue weighted by atomic mass is 10.1. The first-order chi connectivity index (χ1) is 15.9. The molecule has 0 aromatic heterocycles. The van der Waals surface area contributed by atoms with Gasteiger partial charge < -0.3 is 5.32 Å². The van der Waals surface area contributed by atoms with Crippen molar-refractivity contribution in [3.63, 3.8) is 0 Å². The van der Waals surface area contributed by atoms with Crippen molar-refractivity contribution in [3.8, 4) is 0 Å². The van der Waals surface area contributed by atoms with Gasteiger partial charge in [-0.05, 0) is 49.7 Å². The Kier molecular flexibility index (Phi) is 7.57. The molecule has 0 saturated carbocycles. The average molecular weight is 511 g/mol. The number of carbonyl (C=O) groups is 1. The molecule has 3 aromatic carbocycles. The molecule has 1 amide bonds. The number of hydrogen-bond acceptors (Lipinski definition) is 3. The summed E-state index contributed by atoms with van der Waals surface area (Å²) < 4.78 is 67.6. The molecule has 0 unspecified atom stereocenters. The second-order valence-electron chi connectivity index (χ2n) is 7.69. The van der Waals surface area contributed by atoms with E-state index in [2.05, 4.69) is 5.32 Å². The van der Waals surface area contributed by atoms with E-state index in [1.54, 1.807) is 13.0 Å². The van der Waals surface area contributed by atoms with Gasteiger partial charge in [0.1, 0.15) is 6.54 Å². The maximum absolute atomic E-state index is 13.4. The largest absolute Gasteiger partial charge is 0.417 e. The molecule has 10 heteroatoms. The molecule has 0 bridgehead atoms. The molecular formula is C24H22ClF3N2O3S. The van der Waals surface area contributed by atoms with Gasteiger partial charge in [0.15, 0.2) is 0 Å². The molecule has 3 rings (SSSR count). The summed E-state index contributed by atoms with van der Waals surface area (Å²) in [6.45, 7) is 2.91. The predicted molar refractivity (Wildman–Crippen MR) is 125 cm³/mol. The van der Waals surface area contributed by atoms with Crippen LogP contribution in [0.3, 0.4) is 0 Å². The first kappa shape index (κ1) is 25.6. The van der Waals surface area contributed by atoms with Crippen LogP contribution in [0.5, 0.6) is 0 Å². The van der Waals surface area contributed by atoms with Crippen molar-refractivity contribution >= 4 is 33.2 Å². The van der Waals surface area contributed by atoms with Crippen molar-refractivity contribution in [2.45, 2.75) is 31.0 Å². The lowest BCUT2D eigenvalue weighted by molar-refractivity contribution is -0.137. The second-order valence-corrected chi connectivity index (χ2v) is 9.96. The SMILES string of the molecule is Cc1ccc([C@@H](C)NC(=O)CN(c2ccc(Cl)c(C(F)(F)F)c2)S(=O)(=O)c2ccccc2)cc1. The summed E-state index contributed by atoms with van der Waals surface area (Å²) in [6.07, 6.45) is -4.81. The Hall–Kier alpha value is -3.04. The smallest absolute Gasteiger partial charge is 0.348 e. The standard InChI is InChI=1S/C24H22ClF3N2O3S/c1-16-8-10-18(11-9-16)17(2)29-23(31)15-30(34(32,33)20-6-4-3-5-7-20)19-12-13-22(25)21(14-19)24(26,27)28/h3-14,17H,15H2,1-2H3,(H,29,31)/t17-/m1/s1. The highest BCUT2D eigenvalue weighted by atomic mass is 35.5. The zero-order valence-corrected chi connectivity index (χ0v) is 19.9. The third-order valence-corrected chi connectivity index (χ3v) is 7.23. The molecule has 0 spiro atoms. The predicted octanol–water partition coefficient (Wildman–Crippen LogP) is 5.74. The van der Waals surface area contributed by atoms with Crippen LogP contribution in [-0.4, -0.2) is 20.9 Å². The van der Waals surface area contributed by atoms with Crippen LogP contribution < -0.4 is 9.62 Å². The fourth-order valence-corrected chi connectivity index (χ4v) is 4.93. The maximum atomic E-state index is 13.4. The Labute approximate surface area is 201 Å². The Morgan fingerprint density at radius 1 is 1.03 bits per heavy atom. The Balaban J connectivity index is 1.97. The molecule has 0 heterocycles. The van der Waals surface area contributed by atoms with Gasteiger partial charge in [-0.1, -0.05) is 59.6 Å². The first-order valence-electron chi connectivity index (χ1n) is 10.2. The summed E-state index contributed by atoms with van der Waals surface area (Å²) in [5.74, 6) is -0.684. The number of halogens is 4. The number of alkyl halides is 3. The van der Waals surface area contributed by atoms with Crippen molar-refractivity contribution in [1.82, 2.24) is 5.32 Å². The van der Waals surface area contributed by atoms with Crippen molar-refractivity contribution < 1.29 is 26.4 Å². The van der Waals surface area contributed by atoms with Crippen molar-refractivity contribution in [2.24, 2.45) is 0 Å². The zero-order chi connectivity index (χ0) is 25.1. The summed E-state index contributed by atoms with van der Waals surface area (Å²) >= 11 is 5.70. The third kappa shape index (κ3) is 5.90. The van der Waals surface area contributed by atoms with Crippen LogP contribution in [0.15, 0.2) is 77.7 Å². The van der Waals surface area contributed by atoms with Crippen LogP contribution >= 0.6 is 11.6 Å². The number of amides is 1. The van der Waals surface area contributed by atoms with E-state index in [1.165, 1.54) is 24.3 Å². The van der Waals surface area contributed by atoms with Gasteiger partial charge in [0.25, 0.3) is 10.0 Å². The van der Waals surface area contributed by atoms with E-state index in [0.717, 1.165) is 23.3 Å². The molecule has 1 atom stereocenters. The number of sulfonamides is 1. The van der Waals surface area contributed by atoms with Gasteiger partial charge in [0.2, 0.25) is 5.91 Å². The van der Waals surface area contributed by atoms with Crippen molar-refractivity contribution in [1.29, 1.82) is 0 Å². The van der Waals surface area contributed by atoms with E-state index >= 15 is 0 Å². The van der Waals surface area contributed by atoms with Gasteiger partial charge >= 0.3 is 6.18 Å². The number of benzene rings is 3. The van der Waals surface area contributed by atoms with Crippen LogP contribution in [0.1, 0.15) is 29.7 Å². The zero-order valence-electron chi connectivity index (χ0n) is 18.3. The minimum absolute atomic E-state index is 0.169. The number of hydrogen-bond donors (Lipinski definition) is 1. The van der Waals surface area contributed by atoms with Gasteiger partial charge in [-0.25, -0.2) is 8.42 Å². The van der Waals surface area contributed by atoms with E-state index in [1.807, 2.05) is 31.2 Å². The van der Waals surface area contributed by atoms with Crippen LogP contribution in [-0.2, 0) is 21.0 Å².